The van der Waals surface area contributed by atoms with E-state index in [-0.39, 0.29) is 31.4 Å². The highest BCUT2D eigenvalue weighted by atomic mass is 19.1. The lowest BCUT2D eigenvalue weighted by molar-refractivity contribution is -0.141. The molecule has 3 rings (SSSR count). The minimum absolute atomic E-state index is 0.0568. The number of rotatable bonds is 14. The van der Waals surface area contributed by atoms with Gasteiger partial charge >= 0.3 is 12.1 Å². The van der Waals surface area contributed by atoms with Crippen LogP contribution in [-0.4, -0.2) is 68.5 Å². The average Bonchev–Trinajstić information content (AvgIpc) is 2.92. The van der Waals surface area contributed by atoms with Gasteiger partial charge in [-0.15, -0.1) is 0 Å². The number of amides is 2. The summed E-state index contributed by atoms with van der Waals surface area (Å²) in [5.41, 5.74) is 5.88. The molecule has 0 fully saturated rings. The molecule has 2 aromatic carbocycles. The van der Waals surface area contributed by atoms with Gasteiger partial charge < -0.3 is 30.7 Å². The van der Waals surface area contributed by atoms with E-state index < -0.39 is 60.0 Å². The maximum atomic E-state index is 14.1. The molecule has 0 spiro atoms. The first-order chi connectivity index (χ1) is 19.8. The number of nitrogens with two attached hydrogens (primary N) is 1. The molecule has 12 nitrogen and oxygen atoms in total. The highest BCUT2D eigenvalue weighted by molar-refractivity contribution is 5.94. The summed E-state index contributed by atoms with van der Waals surface area (Å²) in [5.74, 6) is -4.35. The lowest BCUT2D eigenvalue weighted by Crippen LogP contribution is -2.48. The molecule has 0 saturated heterocycles. The van der Waals surface area contributed by atoms with Crippen molar-refractivity contribution in [3.63, 3.8) is 0 Å². The monoisotopic (exact) mass is 584 g/mol. The molecule has 1 heterocycles. The predicted octanol–water partition coefficient (Wildman–Crippen LogP) is 2.76. The molecule has 0 bridgehead atoms. The van der Waals surface area contributed by atoms with Crippen molar-refractivity contribution in [3.8, 4) is 0 Å². The number of fused-ring (bicyclic) bond motifs is 1. The molecule has 0 aliphatic heterocycles. The number of para-hydroxylation sites is 2. The van der Waals surface area contributed by atoms with Crippen LogP contribution in [-0.2, 0) is 25.5 Å². The number of aliphatic hydroxyl groups is 1. The van der Waals surface area contributed by atoms with E-state index in [2.05, 4.69) is 20.0 Å². The molecule has 5 N–H and O–H groups in total. The molecule has 0 aliphatic rings. The number of aromatic nitrogens is 2. The number of benzene rings is 2. The second kappa shape index (κ2) is 14.3. The van der Waals surface area contributed by atoms with Crippen LogP contribution in [0.4, 0.5) is 9.18 Å². The maximum absolute atomic E-state index is 14.1. The minimum atomic E-state index is -1.43. The fourth-order valence-corrected chi connectivity index (χ4v) is 4.26. The van der Waals surface area contributed by atoms with Crippen LogP contribution >= 0.6 is 0 Å². The molecular formula is C29H33FN4O8. The number of carboxylic acid groups (broad SMARTS) is 1. The van der Waals surface area contributed by atoms with Crippen molar-refractivity contribution in [1.82, 2.24) is 15.3 Å². The number of halogens is 1. The Morgan fingerprint density at radius 2 is 1.81 bits per heavy atom. The number of nitrogens with zero attached hydrogens (tertiary/aromatic N) is 2. The highest BCUT2D eigenvalue weighted by Gasteiger charge is 2.34. The first-order valence-electron chi connectivity index (χ1n) is 13.1. The van der Waals surface area contributed by atoms with Gasteiger partial charge in [-0.1, -0.05) is 24.3 Å². The van der Waals surface area contributed by atoms with Crippen molar-refractivity contribution in [1.29, 1.82) is 0 Å². The van der Waals surface area contributed by atoms with Crippen molar-refractivity contribution in [2.24, 2.45) is 11.7 Å². The average molecular weight is 585 g/mol. The van der Waals surface area contributed by atoms with Crippen LogP contribution in [0.15, 0.2) is 54.7 Å². The second-order valence-electron chi connectivity index (χ2n) is 10.4. The number of carbonyl (C=O) groups is 4. The normalized spacial score (nSPS) is 13.5. The SMILES string of the molecule is CC(C)(O)CCC(CC(OC(=O)OCC(=O)O)C(Cc1cccc(F)c1)NC(=O)c1cnc2ccccc2n1)C(N)=O. The Kier molecular flexibility index (Phi) is 10.9. The van der Waals surface area contributed by atoms with E-state index in [9.17, 15) is 28.7 Å². The van der Waals surface area contributed by atoms with Gasteiger partial charge in [0.25, 0.3) is 5.91 Å². The van der Waals surface area contributed by atoms with Gasteiger partial charge in [0, 0.05) is 5.92 Å². The van der Waals surface area contributed by atoms with E-state index in [0.717, 1.165) is 0 Å². The lowest BCUT2D eigenvalue weighted by Gasteiger charge is -2.30. The first kappa shape index (κ1) is 31.9. The number of carbonyl (C=O) groups excluding carboxylic acids is 3. The van der Waals surface area contributed by atoms with E-state index in [0.29, 0.717) is 16.6 Å². The molecule has 0 saturated carbocycles. The van der Waals surface area contributed by atoms with Crippen molar-refractivity contribution < 1.29 is 43.3 Å². The van der Waals surface area contributed by atoms with Crippen LogP contribution in [0, 0.1) is 11.7 Å². The van der Waals surface area contributed by atoms with Gasteiger partial charge in [-0.25, -0.2) is 19.0 Å². The van der Waals surface area contributed by atoms with Gasteiger partial charge in [-0.3, -0.25) is 14.6 Å². The van der Waals surface area contributed by atoms with E-state index >= 15 is 0 Å². The number of primary amides is 1. The zero-order valence-electron chi connectivity index (χ0n) is 23.2. The van der Waals surface area contributed by atoms with Crippen molar-refractivity contribution in [3.05, 3.63) is 71.8 Å². The summed E-state index contributed by atoms with van der Waals surface area (Å²) in [4.78, 5) is 57.7. The minimum Gasteiger partial charge on any atom is -0.479 e. The molecule has 2 amide bonds. The number of hydrogen-bond donors (Lipinski definition) is 4. The van der Waals surface area contributed by atoms with Gasteiger partial charge in [-0.05, 0) is 69.4 Å². The van der Waals surface area contributed by atoms with Crippen LogP contribution in [0.2, 0.25) is 0 Å². The van der Waals surface area contributed by atoms with E-state index in [4.69, 9.17) is 15.6 Å². The van der Waals surface area contributed by atoms with Crippen LogP contribution in [0.3, 0.4) is 0 Å². The van der Waals surface area contributed by atoms with Crippen molar-refractivity contribution in [2.45, 2.75) is 57.3 Å². The highest BCUT2D eigenvalue weighted by Crippen LogP contribution is 2.24. The van der Waals surface area contributed by atoms with E-state index in [1.807, 2.05) is 0 Å². The summed E-state index contributed by atoms with van der Waals surface area (Å²) >= 11 is 0. The first-order valence-corrected chi connectivity index (χ1v) is 13.1. The largest absolute Gasteiger partial charge is 0.509 e. The maximum Gasteiger partial charge on any atom is 0.509 e. The molecule has 3 atom stereocenters. The quantitative estimate of drug-likeness (QED) is 0.205. The Morgan fingerprint density at radius 3 is 2.45 bits per heavy atom. The molecule has 224 valence electrons. The Balaban J connectivity index is 1.97. The summed E-state index contributed by atoms with van der Waals surface area (Å²) in [5, 5.41) is 21.8. The molecule has 42 heavy (non-hydrogen) atoms. The third-order valence-electron chi connectivity index (χ3n) is 6.38. The number of nitrogens with one attached hydrogen (secondary N) is 1. The smallest absolute Gasteiger partial charge is 0.479 e. The van der Waals surface area contributed by atoms with Gasteiger partial charge in [0.2, 0.25) is 5.91 Å². The molecular weight excluding hydrogens is 551 g/mol. The summed E-state index contributed by atoms with van der Waals surface area (Å²) in [6, 6.07) is 11.3. The van der Waals surface area contributed by atoms with Crippen LogP contribution in [0.25, 0.3) is 11.0 Å². The zero-order valence-corrected chi connectivity index (χ0v) is 23.2. The second-order valence-corrected chi connectivity index (χ2v) is 10.4. The van der Waals surface area contributed by atoms with Gasteiger partial charge in [0.15, 0.2) is 6.61 Å². The topological polar surface area (TPSA) is 191 Å². The molecule has 3 unspecified atom stereocenters. The number of aliphatic carboxylic acids is 1. The Bertz CT molecular complexity index is 1430. The Hall–Kier alpha value is -4.65. The fraction of sp³-hybridized carbons (Fsp3) is 0.379. The Morgan fingerprint density at radius 1 is 1.10 bits per heavy atom. The third-order valence-corrected chi connectivity index (χ3v) is 6.38. The van der Waals surface area contributed by atoms with Gasteiger partial charge in [-0.2, -0.15) is 0 Å². The molecule has 0 aliphatic carbocycles. The number of carboxylic acids is 1. The summed E-state index contributed by atoms with van der Waals surface area (Å²) in [6.07, 6.45) is -1.41. The molecule has 0 radical (unpaired) electrons. The predicted molar refractivity (Wildman–Crippen MR) is 148 cm³/mol. The molecule has 1 aromatic heterocycles. The lowest BCUT2D eigenvalue weighted by atomic mass is 9.87. The van der Waals surface area contributed by atoms with E-state index in [1.165, 1.54) is 24.4 Å². The van der Waals surface area contributed by atoms with Gasteiger partial charge in [0.1, 0.15) is 17.6 Å². The summed E-state index contributed by atoms with van der Waals surface area (Å²) in [6.45, 7) is 2.12. The van der Waals surface area contributed by atoms with Gasteiger partial charge in [0.05, 0.1) is 28.9 Å². The fourth-order valence-electron chi connectivity index (χ4n) is 4.26. The van der Waals surface area contributed by atoms with Crippen molar-refractivity contribution >= 4 is 35.0 Å². The molecule has 13 heteroatoms. The van der Waals surface area contributed by atoms with E-state index in [1.54, 1.807) is 44.2 Å². The van der Waals surface area contributed by atoms with Crippen molar-refractivity contribution in [2.75, 3.05) is 6.61 Å². The van der Waals surface area contributed by atoms with Crippen LogP contribution in [0.5, 0.6) is 0 Å². The number of ether oxygens (including phenoxy) is 2. The van der Waals surface area contributed by atoms with Crippen LogP contribution in [0.1, 0.15) is 49.2 Å². The summed E-state index contributed by atoms with van der Waals surface area (Å²) < 4.78 is 24.1. The molecule has 3 aromatic rings. The van der Waals surface area contributed by atoms with Crippen LogP contribution < -0.4 is 11.1 Å². The third kappa shape index (κ3) is 10.1. The zero-order chi connectivity index (χ0) is 30.9. The number of hydrogen-bond acceptors (Lipinski definition) is 9. The summed E-state index contributed by atoms with van der Waals surface area (Å²) in [7, 11) is 0. The standard InChI is InChI=1S/C29H33FN4O8/c1-29(2,40)11-10-18(26(31)37)14-24(42-28(39)41-16-25(35)36)22(13-17-6-5-7-19(30)12-17)34-27(38)23-15-32-20-8-3-4-9-21(20)33-23/h3-9,12,15,18,22,24,40H,10-11,13-14,16H2,1-2H3,(H2,31,37)(H,34,38)(H,35,36). The Labute approximate surface area is 241 Å².